The van der Waals surface area contributed by atoms with E-state index in [-0.39, 0.29) is 5.91 Å². The summed E-state index contributed by atoms with van der Waals surface area (Å²) in [6.45, 7) is 0.702. The second kappa shape index (κ2) is 6.05. The third-order valence-corrected chi connectivity index (χ3v) is 4.66. The van der Waals surface area contributed by atoms with Crippen molar-refractivity contribution in [1.29, 1.82) is 0 Å². The van der Waals surface area contributed by atoms with E-state index in [0.29, 0.717) is 28.9 Å². The van der Waals surface area contributed by atoms with Crippen molar-refractivity contribution < 1.29 is 14.3 Å². The van der Waals surface area contributed by atoms with Crippen LogP contribution in [0.25, 0.3) is 0 Å². The Morgan fingerprint density at radius 1 is 1.53 bits per heavy atom. The smallest absolute Gasteiger partial charge is 0.339 e. The number of carbonyl (C=O) groups excluding carboxylic acids is 2. The Morgan fingerprint density at radius 2 is 2.26 bits per heavy atom. The first-order chi connectivity index (χ1) is 9.06. The molecule has 1 fully saturated rings. The van der Waals surface area contributed by atoms with Gasteiger partial charge in [0.25, 0.3) is 0 Å². The minimum atomic E-state index is -0.399. The maximum absolute atomic E-state index is 11.9. The first-order valence-electron chi connectivity index (χ1n) is 5.81. The van der Waals surface area contributed by atoms with Crippen molar-refractivity contribution in [2.45, 2.75) is 6.42 Å². The molecule has 0 N–H and O–H groups in total. The lowest BCUT2D eigenvalue weighted by Gasteiger charge is -2.17. The molecule has 1 unspecified atom stereocenters. The highest BCUT2D eigenvalue weighted by atomic mass is 79.9. The van der Waals surface area contributed by atoms with Gasteiger partial charge < -0.3 is 9.64 Å². The summed E-state index contributed by atoms with van der Waals surface area (Å²) in [6, 6.07) is 5.21. The Kier molecular flexibility index (Phi) is 4.62. The van der Waals surface area contributed by atoms with Crippen molar-refractivity contribution in [3.05, 3.63) is 28.2 Å². The van der Waals surface area contributed by atoms with Crippen LogP contribution in [0.15, 0.2) is 22.7 Å². The summed E-state index contributed by atoms with van der Waals surface area (Å²) >= 11 is 6.75. The quantitative estimate of drug-likeness (QED) is 0.588. The molecule has 0 bridgehead atoms. The number of amides is 1. The fourth-order valence-corrected chi connectivity index (χ4v) is 3.04. The Balaban J connectivity index is 2.25. The molecular formula is C13H13Br2NO3. The standard InChI is InChI=1S/C13H13Br2NO3/c1-19-13(18)10-3-2-9(5-11(10)15)16-7-8(6-14)4-12(16)17/h2-3,5,8H,4,6-7H2,1H3. The van der Waals surface area contributed by atoms with E-state index in [1.807, 2.05) is 0 Å². The molecule has 0 aliphatic carbocycles. The molecule has 0 saturated carbocycles. The van der Waals surface area contributed by atoms with Crippen LogP contribution < -0.4 is 4.90 Å². The van der Waals surface area contributed by atoms with Crippen molar-refractivity contribution in [2.75, 3.05) is 23.9 Å². The summed E-state index contributed by atoms with van der Waals surface area (Å²) in [7, 11) is 1.34. The summed E-state index contributed by atoms with van der Waals surface area (Å²) in [4.78, 5) is 25.2. The topological polar surface area (TPSA) is 46.6 Å². The second-order valence-electron chi connectivity index (χ2n) is 4.38. The zero-order valence-electron chi connectivity index (χ0n) is 10.4. The average Bonchev–Trinajstić information content (AvgIpc) is 2.79. The van der Waals surface area contributed by atoms with E-state index >= 15 is 0 Å². The normalized spacial score (nSPS) is 18.8. The van der Waals surface area contributed by atoms with Gasteiger partial charge >= 0.3 is 5.97 Å². The molecule has 0 aromatic heterocycles. The van der Waals surface area contributed by atoms with Crippen molar-refractivity contribution >= 4 is 49.4 Å². The average molecular weight is 391 g/mol. The highest BCUT2D eigenvalue weighted by molar-refractivity contribution is 9.10. The van der Waals surface area contributed by atoms with Crippen LogP contribution in [0.1, 0.15) is 16.8 Å². The van der Waals surface area contributed by atoms with Crippen molar-refractivity contribution in [2.24, 2.45) is 5.92 Å². The number of rotatable bonds is 3. The van der Waals surface area contributed by atoms with E-state index in [9.17, 15) is 9.59 Å². The van der Waals surface area contributed by atoms with E-state index in [1.165, 1.54) is 7.11 Å². The molecule has 1 saturated heterocycles. The van der Waals surface area contributed by atoms with Gasteiger partial charge in [-0.15, -0.1) is 0 Å². The molecule has 2 rings (SSSR count). The van der Waals surface area contributed by atoms with Gasteiger partial charge in [0.15, 0.2) is 0 Å². The number of hydrogen-bond donors (Lipinski definition) is 0. The largest absolute Gasteiger partial charge is 0.465 e. The summed E-state index contributed by atoms with van der Waals surface area (Å²) in [5.41, 5.74) is 1.25. The molecule has 4 nitrogen and oxygen atoms in total. The molecular weight excluding hydrogens is 378 g/mol. The van der Waals surface area contributed by atoms with Gasteiger partial charge in [0.1, 0.15) is 0 Å². The van der Waals surface area contributed by atoms with Crippen molar-refractivity contribution in [3.8, 4) is 0 Å². The lowest BCUT2D eigenvalue weighted by Crippen LogP contribution is -2.24. The maximum Gasteiger partial charge on any atom is 0.339 e. The number of esters is 1. The van der Waals surface area contributed by atoms with Gasteiger partial charge in [-0.25, -0.2) is 4.79 Å². The molecule has 0 spiro atoms. The van der Waals surface area contributed by atoms with Gasteiger partial charge in [0, 0.05) is 28.5 Å². The summed E-state index contributed by atoms with van der Waals surface area (Å²) in [5, 5.41) is 0.816. The fourth-order valence-electron chi connectivity index (χ4n) is 2.08. The monoisotopic (exact) mass is 389 g/mol. The molecule has 1 aromatic carbocycles. The zero-order chi connectivity index (χ0) is 14.0. The van der Waals surface area contributed by atoms with Crippen LogP contribution in [-0.4, -0.2) is 30.9 Å². The molecule has 102 valence electrons. The molecule has 1 heterocycles. The van der Waals surface area contributed by atoms with Gasteiger partial charge in [-0.1, -0.05) is 15.9 Å². The third kappa shape index (κ3) is 3.00. The number of alkyl halides is 1. The first kappa shape index (κ1) is 14.5. The van der Waals surface area contributed by atoms with Crippen molar-refractivity contribution in [1.82, 2.24) is 0 Å². The van der Waals surface area contributed by atoms with E-state index in [1.54, 1.807) is 23.1 Å². The maximum atomic E-state index is 11.9. The van der Waals surface area contributed by atoms with E-state index in [4.69, 9.17) is 0 Å². The Bertz CT molecular complexity index is 519. The Hall–Kier alpha value is -0.880. The number of ether oxygens (including phenoxy) is 1. The predicted octanol–water partition coefficient (Wildman–Crippen LogP) is 2.98. The van der Waals surface area contributed by atoms with Crippen LogP contribution >= 0.6 is 31.9 Å². The van der Waals surface area contributed by atoms with Gasteiger partial charge in [-0.05, 0) is 40.0 Å². The highest BCUT2D eigenvalue weighted by Gasteiger charge is 2.30. The highest BCUT2D eigenvalue weighted by Crippen LogP contribution is 2.30. The van der Waals surface area contributed by atoms with Crippen LogP contribution in [0.5, 0.6) is 0 Å². The van der Waals surface area contributed by atoms with Crippen LogP contribution in [0.2, 0.25) is 0 Å². The summed E-state index contributed by atoms with van der Waals surface area (Å²) in [5.74, 6) is 0.0539. The van der Waals surface area contributed by atoms with Crippen LogP contribution in [0.3, 0.4) is 0 Å². The number of nitrogens with zero attached hydrogens (tertiary/aromatic N) is 1. The lowest BCUT2D eigenvalue weighted by atomic mass is 10.1. The molecule has 1 amide bonds. The minimum absolute atomic E-state index is 0.113. The SMILES string of the molecule is COC(=O)c1ccc(N2CC(CBr)CC2=O)cc1Br. The van der Waals surface area contributed by atoms with E-state index < -0.39 is 5.97 Å². The molecule has 1 aliphatic rings. The van der Waals surface area contributed by atoms with Crippen LogP contribution in [-0.2, 0) is 9.53 Å². The molecule has 1 aromatic rings. The number of halogens is 2. The molecule has 19 heavy (non-hydrogen) atoms. The van der Waals surface area contributed by atoms with Crippen LogP contribution in [0, 0.1) is 5.92 Å². The number of hydrogen-bond acceptors (Lipinski definition) is 3. The minimum Gasteiger partial charge on any atom is -0.465 e. The molecule has 6 heteroatoms. The summed E-state index contributed by atoms with van der Waals surface area (Å²) in [6.07, 6.45) is 0.557. The van der Waals surface area contributed by atoms with Crippen molar-refractivity contribution in [3.63, 3.8) is 0 Å². The van der Waals surface area contributed by atoms with Gasteiger partial charge in [-0.3, -0.25) is 4.79 Å². The first-order valence-corrected chi connectivity index (χ1v) is 7.72. The zero-order valence-corrected chi connectivity index (χ0v) is 13.5. The van der Waals surface area contributed by atoms with Gasteiger partial charge in [0.05, 0.1) is 12.7 Å². The van der Waals surface area contributed by atoms with E-state index in [0.717, 1.165) is 11.0 Å². The van der Waals surface area contributed by atoms with Gasteiger partial charge in [-0.2, -0.15) is 0 Å². The second-order valence-corrected chi connectivity index (χ2v) is 5.89. The lowest BCUT2D eigenvalue weighted by molar-refractivity contribution is -0.117. The third-order valence-electron chi connectivity index (χ3n) is 3.09. The predicted molar refractivity (Wildman–Crippen MR) is 79.7 cm³/mol. The number of anilines is 1. The molecule has 0 radical (unpaired) electrons. The summed E-state index contributed by atoms with van der Waals surface area (Å²) < 4.78 is 5.31. The Labute approximate surface area is 128 Å². The molecule has 1 aliphatic heterocycles. The Morgan fingerprint density at radius 3 is 2.79 bits per heavy atom. The fraction of sp³-hybridized carbons (Fsp3) is 0.385. The number of carbonyl (C=O) groups is 2. The van der Waals surface area contributed by atoms with Crippen LogP contribution in [0.4, 0.5) is 5.69 Å². The number of benzene rings is 1. The number of methoxy groups -OCH3 is 1. The molecule has 1 atom stereocenters. The van der Waals surface area contributed by atoms with Gasteiger partial charge in [0.2, 0.25) is 5.91 Å². The van der Waals surface area contributed by atoms with E-state index in [2.05, 4.69) is 36.6 Å².